The monoisotopic (exact) mass is 330 g/mol. The summed E-state index contributed by atoms with van der Waals surface area (Å²) in [7, 11) is 0. The molecule has 1 aliphatic rings. The fourth-order valence-electron chi connectivity index (χ4n) is 2.96. The van der Waals surface area contributed by atoms with Crippen LogP contribution in [-0.4, -0.2) is 19.0 Å². The second kappa shape index (κ2) is 8.02. The Hall–Kier alpha value is -0.770. The van der Waals surface area contributed by atoms with Crippen molar-refractivity contribution >= 4 is 29.9 Å². The predicted octanol–water partition coefficient (Wildman–Crippen LogP) is 3.28. The van der Waals surface area contributed by atoms with Crippen LogP contribution in [0.5, 0.6) is 0 Å². The quantitative estimate of drug-likeness (QED) is 0.870. The Morgan fingerprint density at radius 1 is 1.33 bits per heavy atom. The fraction of sp³-hybridized carbons (Fsp3) is 0.562. The summed E-state index contributed by atoms with van der Waals surface area (Å²) in [6, 6.07) is 8.04. The zero-order valence-electron chi connectivity index (χ0n) is 12.4. The summed E-state index contributed by atoms with van der Waals surface area (Å²) in [5.74, 6) is -0.0774. The summed E-state index contributed by atoms with van der Waals surface area (Å²) in [5, 5.41) is 3.83. The molecule has 1 aliphatic carbocycles. The number of nitrogens with one attached hydrogen (secondary N) is 1. The lowest BCUT2D eigenvalue weighted by atomic mass is 9.78. The number of rotatable bonds is 5. The molecular formula is C16H24Cl2N2O. The number of hydrogen-bond donors (Lipinski definition) is 2. The molecule has 0 bridgehead atoms. The first-order valence-electron chi connectivity index (χ1n) is 7.31. The average molecular weight is 331 g/mol. The molecule has 0 aliphatic heterocycles. The van der Waals surface area contributed by atoms with Gasteiger partial charge in [0.05, 0.1) is 0 Å². The van der Waals surface area contributed by atoms with E-state index < -0.39 is 0 Å². The van der Waals surface area contributed by atoms with Crippen molar-refractivity contribution in [2.75, 3.05) is 13.1 Å². The molecule has 1 amide bonds. The van der Waals surface area contributed by atoms with E-state index >= 15 is 0 Å². The van der Waals surface area contributed by atoms with Gasteiger partial charge in [0.15, 0.2) is 0 Å². The Morgan fingerprint density at radius 2 is 1.90 bits per heavy atom. The Morgan fingerprint density at radius 3 is 2.43 bits per heavy atom. The van der Waals surface area contributed by atoms with E-state index in [1.54, 1.807) is 0 Å². The smallest absolute Gasteiger partial charge is 0.224 e. The molecule has 118 valence electrons. The number of carbonyl (C=O) groups is 1. The summed E-state index contributed by atoms with van der Waals surface area (Å²) >= 11 is 5.97. The van der Waals surface area contributed by atoms with Crippen molar-refractivity contribution in [3.05, 3.63) is 34.9 Å². The molecular weight excluding hydrogens is 307 g/mol. The highest BCUT2D eigenvalue weighted by molar-refractivity contribution is 6.30. The van der Waals surface area contributed by atoms with Gasteiger partial charge < -0.3 is 11.1 Å². The van der Waals surface area contributed by atoms with Gasteiger partial charge in [-0.2, -0.15) is 0 Å². The lowest BCUT2D eigenvalue weighted by Gasteiger charge is -2.30. The van der Waals surface area contributed by atoms with E-state index in [4.69, 9.17) is 17.3 Å². The summed E-state index contributed by atoms with van der Waals surface area (Å²) in [6.45, 7) is 2.94. The van der Waals surface area contributed by atoms with Crippen LogP contribution in [0.4, 0.5) is 0 Å². The highest BCUT2D eigenvalue weighted by atomic mass is 35.5. The summed E-state index contributed by atoms with van der Waals surface area (Å²) < 4.78 is 0. The molecule has 0 aromatic heterocycles. The Kier molecular flexibility index (Phi) is 6.98. The predicted molar refractivity (Wildman–Crippen MR) is 90.1 cm³/mol. The van der Waals surface area contributed by atoms with Crippen molar-refractivity contribution in [2.45, 2.75) is 38.0 Å². The third-order valence-corrected chi connectivity index (χ3v) is 4.67. The average Bonchev–Trinajstić information content (AvgIpc) is 2.94. The number of halogens is 2. The van der Waals surface area contributed by atoms with E-state index in [0.29, 0.717) is 13.1 Å². The molecule has 1 aromatic carbocycles. The lowest BCUT2D eigenvalue weighted by molar-refractivity contribution is -0.124. The van der Waals surface area contributed by atoms with Gasteiger partial charge in [-0.25, -0.2) is 0 Å². The Bertz CT molecular complexity index is 456. The number of hydrogen-bond acceptors (Lipinski definition) is 2. The van der Waals surface area contributed by atoms with E-state index in [2.05, 4.69) is 17.4 Å². The summed E-state index contributed by atoms with van der Waals surface area (Å²) in [5.41, 5.74) is 6.88. The normalized spacial score (nSPS) is 17.9. The molecule has 5 heteroatoms. The first kappa shape index (κ1) is 18.3. The summed E-state index contributed by atoms with van der Waals surface area (Å²) in [6.07, 6.45) is 4.66. The molecule has 0 spiro atoms. The van der Waals surface area contributed by atoms with Crippen molar-refractivity contribution < 1.29 is 4.79 Å². The van der Waals surface area contributed by atoms with Gasteiger partial charge in [-0.3, -0.25) is 4.79 Å². The van der Waals surface area contributed by atoms with Crippen molar-refractivity contribution in [3.8, 4) is 0 Å². The first-order chi connectivity index (χ1) is 9.57. The minimum Gasteiger partial charge on any atom is -0.355 e. The third-order valence-electron chi connectivity index (χ3n) is 4.42. The van der Waals surface area contributed by atoms with Gasteiger partial charge >= 0.3 is 0 Å². The molecule has 1 aromatic rings. The standard InChI is InChI=1S/C16H23ClN2O.ClH/c1-12(10-18)15(20)19-11-16(8-2-3-9-16)13-4-6-14(17)7-5-13;/h4-7,12H,2-3,8-11,18H2,1H3,(H,19,20);1H. The summed E-state index contributed by atoms with van der Waals surface area (Å²) in [4.78, 5) is 11.9. The van der Waals surface area contributed by atoms with Crippen LogP contribution >= 0.6 is 24.0 Å². The Balaban J connectivity index is 0.00000220. The van der Waals surface area contributed by atoms with Crippen LogP contribution in [0.3, 0.4) is 0 Å². The van der Waals surface area contributed by atoms with Crippen molar-refractivity contribution in [2.24, 2.45) is 11.7 Å². The number of nitrogens with two attached hydrogens (primary N) is 1. The second-order valence-corrected chi connectivity index (χ2v) is 6.29. The molecule has 2 rings (SSSR count). The van der Waals surface area contributed by atoms with E-state index in [1.807, 2.05) is 19.1 Å². The molecule has 1 fully saturated rings. The minimum atomic E-state index is -0.126. The molecule has 3 N–H and O–H groups in total. The molecule has 3 nitrogen and oxygen atoms in total. The maximum atomic E-state index is 11.9. The lowest BCUT2D eigenvalue weighted by Crippen LogP contribution is -2.42. The highest BCUT2D eigenvalue weighted by Gasteiger charge is 2.36. The van der Waals surface area contributed by atoms with E-state index in [-0.39, 0.29) is 29.6 Å². The number of benzene rings is 1. The van der Waals surface area contributed by atoms with Gasteiger partial charge in [0.1, 0.15) is 0 Å². The fourth-order valence-corrected chi connectivity index (χ4v) is 3.09. The van der Waals surface area contributed by atoms with E-state index in [1.165, 1.54) is 18.4 Å². The molecule has 0 saturated heterocycles. The van der Waals surface area contributed by atoms with Crippen LogP contribution in [0.15, 0.2) is 24.3 Å². The van der Waals surface area contributed by atoms with Gasteiger partial charge in [-0.1, -0.05) is 43.5 Å². The molecule has 21 heavy (non-hydrogen) atoms. The van der Waals surface area contributed by atoms with Crippen LogP contribution in [0.1, 0.15) is 38.2 Å². The van der Waals surface area contributed by atoms with Crippen LogP contribution in [0.25, 0.3) is 0 Å². The van der Waals surface area contributed by atoms with Crippen LogP contribution < -0.4 is 11.1 Å². The zero-order chi connectivity index (χ0) is 14.6. The minimum absolute atomic E-state index is 0. The van der Waals surface area contributed by atoms with Gasteiger partial charge in [0.25, 0.3) is 0 Å². The van der Waals surface area contributed by atoms with Gasteiger partial charge in [-0.05, 0) is 30.5 Å². The molecule has 1 saturated carbocycles. The topological polar surface area (TPSA) is 55.1 Å². The number of carbonyl (C=O) groups excluding carboxylic acids is 1. The van der Waals surface area contributed by atoms with Crippen molar-refractivity contribution in [1.29, 1.82) is 0 Å². The molecule has 1 atom stereocenters. The number of amides is 1. The maximum absolute atomic E-state index is 11.9. The largest absolute Gasteiger partial charge is 0.355 e. The molecule has 1 unspecified atom stereocenters. The zero-order valence-corrected chi connectivity index (χ0v) is 14.0. The van der Waals surface area contributed by atoms with Gasteiger partial charge in [-0.15, -0.1) is 12.4 Å². The van der Waals surface area contributed by atoms with Crippen LogP contribution in [0, 0.1) is 5.92 Å². The van der Waals surface area contributed by atoms with Crippen molar-refractivity contribution in [3.63, 3.8) is 0 Å². The SMILES string of the molecule is CC(CN)C(=O)NCC1(c2ccc(Cl)cc2)CCCC1.Cl. The second-order valence-electron chi connectivity index (χ2n) is 5.85. The van der Waals surface area contributed by atoms with Crippen LogP contribution in [0.2, 0.25) is 5.02 Å². The first-order valence-corrected chi connectivity index (χ1v) is 7.69. The third kappa shape index (κ3) is 4.35. The van der Waals surface area contributed by atoms with Gasteiger partial charge in [0, 0.05) is 29.4 Å². The van der Waals surface area contributed by atoms with Crippen LogP contribution in [-0.2, 0) is 10.2 Å². The molecule has 0 heterocycles. The van der Waals surface area contributed by atoms with E-state index in [0.717, 1.165) is 17.9 Å². The van der Waals surface area contributed by atoms with Gasteiger partial charge in [0.2, 0.25) is 5.91 Å². The molecule has 0 radical (unpaired) electrons. The van der Waals surface area contributed by atoms with Crippen molar-refractivity contribution in [1.82, 2.24) is 5.32 Å². The van der Waals surface area contributed by atoms with E-state index in [9.17, 15) is 4.79 Å². The maximum Gasteiger partial charge on any atom is 0.224 e. The highest BCUT2D eigenvalue weighted by Crippen LogP contribution is 2.40. The Labute approximate surface area is 138 Å².